The van der Waals surface area contributed by atoms with Crippen LogP contribution in [0.5, 0.6) is 0 Å². The van der Waals surface area contributed by atoms with Crippen LogP contribution < -0.4 is 0 Å². The lowest BCUT2D eigenvalue weighted by Gasteiger charge is -2.04. The van der Waals surface area contributed by atoms with Crippen molar-refractivity contribution in [1.82, 2.24) is 0 Å². The molecular formula is C13H18O. The maximum atomic E-state index is 9.28. The number of hydrogen-bond donors (Lipinski definition) is 1. The third-order valence-electron chi connectivity index (χ3n) is 1.91. The Balaban J connectivity index is 4.69. The van der Waals surface area contributed by atoms with Gasteiger partial charge in [-0.15, -0.1) is 5.73 Å². The molecule has 0 heterocycles. The maximum Gasteiger partial charge on any atom is 0.0731 e. The molecule has 0 rings (SSSR count). The minimum absolute atomic E-state index is 0.420. The van der Waals surface area contributed by atoms with Gasteiger partial charge < -0.3 is 5.11 Å². The first-order chi connectivity index (χ1) is 6.45. The molecule has 0 aromatic heterocycles. The van der Waals surface area contributed by atoms with Gasteiger partial charge >= 0.3 is 0 Å². The van der Waals surface area contributed by atoms with Crippen LogP contribution in [0.4, 0.5) is 0 Å². The summed E-state index contributed by atoms with van der Waals surface area (Å²) < 4.78 is 0. The minimum Gasteiger partial charge on any atom is -0.389 e. The molecule has 0 radical (unpaired) electrons. The summed E-state index contributed by atoms with van der Waals surface area (Å²) in [6, 6.07) is 0. The summed E-state index contributed by atoms with van der Waals surface area (Å²) in [6.45, 7) is 9.49. The van der Waals surface area contributed by atoms with Gasteiger partial charge in [0.15, 0.2) is 0 Å². The predicted octanol–water partition coefficient (Wildman–Crippen LogP) is 2.83. The minimum atomic E-state index is -0.420. The lowest BCUT2D eigenvalue weighted by molar-refractivity contribution is 0.230. The van der Waals surface area contributed by atoms with Crippen molar-refractivity contribution in [3.63, 3.8) is 0 Å². The van der Waals surface area contributed by atoms with Crippen LogP contribution in [-0.2, 0) is 0 Å². The molecule has 0 amide bonds. The highest BCUT2D eigenvalue weighted by Crippen LogP contribution is 2.06. The van der Waals surface area contributed by atoms with E-state index in [1.807, 2.05) is 27.7 Å². The lowest BCUT2D eigenvalue weighted by atomic mass is 10.1. The summed E-state index contributed by atoms with van der Waals surface area (Å²) in [7, 11) is 0. The van der Waals surface area contributed by atoms with E-state index in [0.29, 0.717) is 0 Å². The molecule has 0 aliphatic carbocycles. The third kappa shape index (κ3) is 5.43. The first-order valence-corrected chi connectivity index (χ1v) is 4.70. The molecule has 0 fully saturated rings. The van der Waals surface area contributed by atoms with Crippen molar-refractivity contribution in [3.05, 3.63) is 28.5 Å². The summed E-state index contributed by atoms with van der Waals surface area (Å²) in [6.07, 6.45) is 1.28. The van der Waals surface area contributed by atoms with E-state index in [4.69, 9.17) is 0 Å². The van der Waals surface area contributed by atoms with Gasteiger partial charge in [0.1, 0.15) is 0 Å². The van der Waals surface area contributed by atoms with Crippen molar-refractivity contribution in [2.24, 2.45) is 0 Å². The molecule has 0 saturated heterocycles. The summed E-state index contributed by atoms with van der Waals surface area (Å²) >= 11 is 0. The van der Waals surface area contributed by atoms with Crippen LogP contribution in [0.25, 0.3) is 0 Å². The zero-order valence-corrected chi connectivity index (χ0v) is 9.60. The first kappa shape index (κ1) is 12.8. The molecule has 14 heavy (non-hydrogen) atoms. The van der Waals surface area contributed by atoms with Gasteiger partial charge in [0, 0.05) is 11.6 Å². The lowest BCUT2D eigenvalue weighted by Crippen LogP contribution is -2.02. The second kappa shape index (κ2) is 6.27. The van der Waals surface area contributed by atoms with Gasteiger partial charge in [0.2, 0.25) is 0 Å². The van der Waals surface area contributed by atoms with Crippen molar-refractivity contribution < 1.29 is 5.11 Å². The predicted molar refractivity (Wildman–Crippen MR) is 60.8 cm³/mol. The quantitative estimate of drug-likeness (QED) is 0.498. The smallest absolute Gasteiger partial charge is 0.0731 e. The molecule has 0 spiro atoms. The van der Waals surface area contributed by atoms with Crippen LogP contribution >= 0.6 is 0 Å². The molecule has 0 aliphatic rings. The molecule has 1 heteroatoms. The zero-order chi connectivity index (χ0) is 11.1. The monoisotopic (exact) mass is 190 g/mol. The van der Waals surface area contributed by atoms with Crippen LogP contribution in [0.15, 0.2) is 28.5 Å². The summed E-state index contributed by atoms with van der Waals surface area (Å²) in [5, 5.41) is 9.28. The summed E-state index contributed by atoms with van der Waals surface area (Å²) in [5.74, 6) is 5.83. The van der Waals surface area contributed by atoms with E-state index in [-0.39, 0.29) is 0 Å². The van der Waals surface area contributed by atoms with Crippen molar-refractivity contribution >= 4 is 0 Å². The van der Waals surface area contributed by atoms with E-state index in [2.05, 4.69) is 17.6 Å². The van der Waals surface area contributed by atoms with Crippen LogP contribution in [0.2, 0.25) is 0 Å². The average molecular weight is 190 g/mol. The molecule has 1 nitrogen and oxygen atoms in total. The fourth-order valence-corrected chi connectivity index (χ4v) is 0.737. The Morgan fingerprint density at radius 1 is 1.21 bits per heavy atom. The second-order valence-corrected chi connectivity index (χ2v) is 3.54. The Morgan fingerprint density at radius 2 is 1.79 bits per heavy atom. The highest BCUT2D eigenvalue weighted by atomic mass is 16.3. The van der Waals surface area contributed by atoms with E-state index in [9.17, 15) is 5.11 Å². The summed E-state index contributed by atoms with van der Waals surface area (Å²) in [5.41, 5.74) is 5.95. The Morgan fingerprint density at radius 3 is 2.21 bits per heavy atom. The number of allylic oxidation sites excluding steroid dienone is 2. The van der Waals surface area contributed by atoms with Crippen LogP contribution in [-0.4, -0.2) is 11.2 Å². The maximum absolute atomic E-state index is 9.28. The Hall–Kier alpha value is -1.22. The number of hydrogen-bond acceptors (Lipinski definition) is 1. The SMILES string of the molecule is CC(C)=C=CC#C/C(C)=C(\C)C(C)O. The van der Waals surface area contributed by atoms with Gasteiger partial charge in [-0.2, -0.15) is 0 Å². The van der Waals surface area contributed by atoms with E-state index >= 15 is 0 Å². The zero-order valence-electron chi connectivity index (χ0n) is 9.60. The molecule has 0 aromatic carbocycles. The number of aliphatic hydroxyl groups excluding tert-OH is 1. The van der Waals surface area contributed by atoms with E-state index in [0.717, 1.165) is 16.7 Å². The van der Waals surface area contributed by atoms with Crippen LogP contribution in [0.3, 0.4) is 0 Å². The molecule has 0 aliphatic heterocycles. The van der Waals surface area contributed by atoms with Crippen LogP contribution in [0.1, 0.15) is 34.6 Å². The Kier molecular flexibility index (Phi) is 5.72. The van der Waals surface area contributed by atoms with Gasteiger partial charge in [-0.25, -0.2) is 0 Å². The van der Waals surface area contributed by atoms with Gasteiger partial charge in [0.05, 0.1) is 6.10 Å². The van der Waals surface area contributed by atoms with Crippen molar-refractivity contribution in [3.8, 4) is 11.8 Å². The highest BCUT2D eigenvalue weighted by Gasteiger charge is 1.99. The van der Waals surface area contributed by atoms with Crippen molar-refractivity contribution in [1.29, 1.82) is 0 Å². The molecule has 0 saturated carbocycles. The van der Waals surface area contributed by atoms with Crippen LogP contribution in [0, 0.1) is 11.8 Å². The van der Waals surface area contributed by atoms with E-state index in [1.165, 1.54) is 0 Å². The Labute approximate surface area is 86.8 Å². The van der Waals surface area contributed by atoms with Gasteiger partial charge in [-0.05, 0) is 45.8 Å². The van der Waals surface area contributed by atoms with Gasteiger partial charge in [-0.3, -0.25) is 0 Å². The molecular weight excluding hydrogens is 172 g/mol. The third-order valence-corrected chi connectivity index (χ3v) is 1.91. The molecule has 1 N–H and O–H groups in total. The Bertz CT molecular complexity index is 335. The highest BCUT2D eigenvalue weighted by molar-refractivity contribution is 5.35. The average Bonchev–Trinajstić information content (AvgIpc) is 2.10. The van der Waals surface area contributed by atoms with Gasteiger partial charge in [-0.1, -0.05) is 11.8 Å². The topological polar surface area (TPSA) is 20.2 Å². The largest absolute Gasteiger partial charge is 0.389 e. The van der Waals surface area contributed by atoms with E-state index < -0.39 is 6.10 Å². The second-order valence-electron chi connectivity index (χ2n) is 3.54. The molecule has 1 unspecified atom stereocenters. The molecule has 0 bridgehead atoms. The number of aliphatic hydroxyl groups is 1. The number of rotatable bonds is 1. The fraction of sp³-hybridized carbons (Fsp3) is 0.462. The van der Waals surface area contributed by atoms with Gasteiger partial charge in [0.25, 0.3) is 0 Å². The standard InChI is InChI=1S/C13H18O/c1-10(2)8-6-7-9-11(3)12(4)13(5)14/h6,13-14H,1-5H3/b12-11+. The van der Waals surface area contributed by atoms with Crippen molar-refractivity contribution in [2.75, 3.05) is 0 Å². The fourth-order valence-electron chi connectivity index (χ4n) is 0.737. The summed E-state index contributed by atoms with van der Waals surface area (Å²) in [4.78, 5) is 0. The molecule has 0 aromatic rings. The van der Waals surface area contributed by atoms with Crippen molar-refractivity contribution in [2.45, 2.75) is 40.7 Å². The molecule has 1 atom stereocenters. The normalized spacial score (nSPS) is 13.0. The molecule has 76 valence electrons. The van der Waals surface area contributed by atoms with E-state index in [1.54, 1.807) is 13.0 Å². The first-order valence-electron chi connectivity index (χ1n) is 4.70.